The molecule has 0 N–H and O–H groups in total. The van der Waals surface area contributed by atoms with E-state index in [-0.39, 0.29) is 0 Å². The molecule has 3 aromatic carbocycles. The molecular formula is C19H17Cl. The number of hydrogen-bond donors (Lipinski definition) is 0. The predicted octanol–water partition coefficient (Wildman–Crippen LogP) is 5.87. The maximum atomic E-state index is 6.10. The zero-order chi connectivity index (χ0) is 13.9. The van der Waals surface area contributed by atoms with Gasteiger partial charge in [0.25, 0.3) is 0 Å². The van der Waals surface area contributed by atoms with Crippen molar-refractivity contribution in [2.75, 3.05) is 0 Å². The molecule has 0 fully saturated rings. The number of rotatable bonds is 0. The zero-order valence-corrected chi connectivity index (χ0v) is 12.6. The Balaban J connectivity index is 2.12. The molecule has 0 radical (unpaired) electrons. The summed E-state index contributed by atoms with van der Waals surface area (Å²) in [6.07, 6.45) is 2.44. The highest BCUT2D eigenvalue weighted by molar-refractivity contribution is 6.31. The molecule has 3 aromatic rings. The quantitative estimate of drug-likeness (QED) is 0.452. The zero-order valence-electron chi connectivity index (χ0n) is 11.8. The van der Waals surface area contributed by atoms with Crippen molar-refractivity contribution in [2.24, 2.45) is 0 Å². The van der Waals surface area contributed by atoms with Gasteiger partial charge in [-0.2, -0.15) is 0 Å². The number of aryl methyl sites for hydroxylation is 1. The molecule has 20 heavy (non-hydrogen) atoms. The first-order chi connectivity index (χ1) is 9.56. The molecule has 0 aliphatic heterocycles. The second-order valence-electron chi connectivity index (χ2n) is 6.50. The van der Waals surface area contributed by atoms with E-state index in [0.29, 0.717) is 5.41 Å². The molecule has 1 aliphatic carbocycles. The summed E-state index contributed by atoms with van der Waals surface area (Å²) in [5.41, 5.74) is 3.39. The summed E-state index contributed by atoms with van der Waals surface area (Å²) < 4.78 is 0. The van der Waals surface area contributed by atoms with Crippen LogP contribution in [0.25, 0.3) is 21.5 Å². The minimum absolute atomic E-state index is 0.318. The molecule has 0 unspecified atom stereocenters. The Hall–Kier alpha value is -1.53. The topological polar surface area (TPSA) is 0 Å². The van der Waals surface area contributed by atoms with Gasteiger partial charge in [0, 0.05) is 5.02 Å². The lowest BCUT2D eigenvalue weighted by molar-refractivity contribution is 0.522. The van der Waals surface area contributed by atoms with Gasteiger partial charge in [-0.1, -0.05) is 55.8 Å². The fourth-order valence-corrected chi connectivity index (χ4v) is 3.84. The third-order valence-corrected chi connectivity index (χ3v) is 5.05. The first-order valence-corrected chi connectivity index (χ1v) is 7.58. The third kappa shape index (κ3) is 1.61. The van der Waals surface area contributed by atoms with Gasteiger partial charge in [0.05, 0.1) is 0 Å². The Morgan fingerprint density at radius 2 is 1.65 bits per heavy atom. The molecule has 1 aliphatic rings. The van der Waals surface area contributed by atoms with E-state index in [0.717, 1.165) is 5.02 Å². The fraction of sp³-hybridized carbons (Fsp3) is 0.263. The monoisotopic (exact) mass is 280 g/mol. The first-order valence-electron chi connectivity index (χ1n) is 7.21. The van der Waals surface area contributed by atoms with Crippen LogP contribution in [0.5, 0.6) is 0 Å². The highest BCUT2D eigenvalue weighted by atomic mass is 35.5. The summed E-state index contributed by atoms with van der Waals surface area (Å²) in [7, 11) is 0. The van der Waals surface area contributed by atoms with E-state index in [1.54, 1.807) is 5.56 Å². The van der Waals surface area contributed by atoms with Crippen LogP contribution in [0.15, 0.2) is 42.5 Å². The molecule has 0 heterocycles. The molecule has 0 atom stereocenters. The molecular weight excluding hydrogens is 264 g/mol. The minimum atomic E-state index is 0.318. The van der Waals surface area contributed by atoms with E-state index in [1.165, 1.54) is 39.9 Å². The lowest BCUT2D eigenvalue weighted by atomic mass is 9.85. The van der Waals surface area contributed by atoms with Crippen LogP contribution in [-0.4, -0.2) is 0 Å². The van der Waals surface area contributed by atoms with Gasteiger partial charge in [-0.3, -0.25) is 0 Å². The maximum absolute atomic E-state index is 6.10. The molecule has 0 aromatic heterocycles. The molecule has 0 saturated carbocycles. The van der Waals surface area contributed by atoms with Crippen molar-refractivity contribution < 1.29 is 0 Å². The van der Waals surface area contributed by atoms with Crippen molar-refractivity contribution in [1.29, 1.82) is 0 Å². The molecule has 0 amide bonds. The lowest BCUT2D eigenvalue weighted by Gasteiger charge is -2.19. The van der Waals surface area contributed by atoms with Crippen LogP contribution in [0.1, 0.15) is 31.4 Å². The largest absolute Gasteiger partial charge is 0.0843 e. The Kier molecular flexibility index (Phi) is 2.44. The van der Waals surface area contributed by atoms with Crippen LogP contribution in [0.3, 0.4) is 0 Å². The van der Waals surface area contributed by atoms with Crippen molar-refractivity contribution in [3.05, 3.63) is 58.6 Å². The van der Waals surface area contributed by atoms with E-state index >= 15 is 0 Å². The Morgan fingerprint density at radius 1 is 0.900 bits per heavy atom. The summed E-state index contributed by atoms with van der Waals surface area (Å²) in [6.45, 7) is 4.71. The molecule has 100 valence electrons. The minimum Gasteiger partial charge on any atom is -0.0843 e. The van der Waals surface area contributed by atoms with Gasteiger partial charge < -0.3 is 0 Å². The Morgan fingerprint density at radius 3 is 2.50 bits per heavy atom. The van der Waals surface area contributed by atoms with Crippen LogP contribution >= 0.6 is 11.6 Å². The number of fused-ring (bicyclic) bond motifs is 5. The molecule has 4 rings (SSSR count). The second kappa shape index (κ2) is 3.99. The van der Waals surface area contributed by atoms with E-state index in [1.807, 2.05) is 12.1 Å². The summed E-state index contributed by atoms with van der Waals surface area (Å²) >= 11 is 6.10. The van der Waals surface area contributed by atoms with Crippen LogP contribution in [0, 0.1) is 0 Å². The summed E-state index contributed by atoms with van der Waals surface area (Å²) in [6, 6.07) is 15.3. The van der Waals surface area contributed by atoms with Gasteiger partial charge in [-0.15, -0.1) is 0 Å². The van der Waals surface area contributed by atoms with Crippen LogP contribution in [-0.2, 0) is 11.8 Å². The third-order valence-electron chi connectivity index (χ3n) is 4.82. The molecule has 0 nitrogen and oxygen atoms in total. The molecule has 0 bridgehead atoms. The summed E-state index contributed by atoms with van der Waals surface area (Å²) in [5.74, 6) is 0. The number of halogens is 1. The molecule has 0 saturated heterocycles. The summed E-state index contributed by atoms with van der Waals surface area (Å²) in [5, 5.41) is 6.11. The first kappa shape index (κ1) is 12.2. The summed E-state index contributed by atoms with van der Waals surface area (Å²) in [4.78, 5) is 0. The van der Waals surface area contributed by atoms with Gasteiger partial charge in [0.2, 0.25) is 0 Å². The van der Waals surface area contributed by atoms with Crippen molar-refractivity contribution in [1.82, 2.24) is 0 Å². The van der Waals surface area contributed by atoms with Crippen LogP contribution in [0.4, 0.5) is 0 Å². The van der Waals surface area contributed by atoms with Crippen LogP contribution in [0.2, 0.25) is 5.02 Å². The standard InChI is InChI=1S/C19H17Cl/c1-19(2)10-9-17-16-5-3-12-11-13(20)4-6-14(12)15(16)7-8-18(17)19/h3-8,11H,9-10H2,1-2H3. The van der Waals surface area contributed by atoms with E-state index in [9.17, 15) is 0 Å². The van der Waals surface area contributed by atoms with E-state index < -0.39 is 0 Å². The lowest BCUT2D eigenvalue weighted by Crippen LogP contribution is -2.11. The van der Waals surface area contributed by atoms with Crippen LogP contribution < -0.4 is 0 Å². The number of hydrogen-bond acceptors (Lipinski definition) is 0. The van der Waals surface area contributed by atoms with Crippen molar-refractivity contribution >= 4 is 33.1 Å². The smallest absolute Gasteiger partial charge is 0.0412 e. The van der Waals surface area contributed by atoms with Gasteiger partial charge in [0.15, 0.2) is 0 Å². The molecule has 0 spiro atoms. The highest BCUT2D eigenvalue weighted by Crippen LogP contribution is 2.42. The Labute approximate surface area is 124 Å². The molecule has 1 heteroatoms. The maximum Gasteiger partial charge on any atom is 0.0412 e. The predicted molar refractivity (Wildman–Crippen MR) is 87.8 cm³/mol. The van der Waals surface area contributed by atoms with Crippen molar-refractivity contribution in [2.45, 2.75) is 32.1 Å². The van der Waals surface area contributed by atoms with Crippen molar-refractivity contribution in [3.8, 4) is 0 Å². The highest BCUT2D eigenvalue weighted by Gasteiger charge is 2.30. The van der Waals surface area contributed by atoms with Gasteiger partial charge in [-0.05, 0) is 63.1 Å². The van der Waals surface area contributed by atoms with Gasteiger partial charge in [0.1, 0.15) is 0 Å². The normalized spacial score (nSPS) is 16.8. The van der Waals surface area contributed by atoms with E-state index in [2.05, 4.69) is 44.2 Å². The van der Waals surface area contributed by atoms with Gasteiger partial charge >= 0.3 is 0 Å². The van der Waals surface area contributed by atoms with Gasteiger partial charge in [-0.25, -0.2) is 0 Å². The fourth-order valence-electron chi connectivity index (χ4n) is 3.66. The van der Waals surface area contributed by atoms with E-state index in [4.69, 9.17) is 11.6 Å². The average Bonchev–Trinajstić information content (AvgIpc) is 2.74. The SMILES string of the molecule is CC1(C)CCc2c1ccc1c2ccc2cc(Cl)ccc21. The number of benzene rings is 3. The Bertz CT molecular complexity index is 843. The second-order valence-corrected chi connectivity index (χ2v) is 6.94. The van der Waals surface area contributed by atoms with Crippen molar-refractivity contribution in [3.63, 3.8) is 0 Å². The average molecular weight is 281 g/mol.